The van der Waals surface area contributed by atoms with E-state index in [0.717, 1.165) is 32.2 Å². The molecule has 2 rings (SSSR count). The summed E-state index contributed by atoms with van der Waals surface area (Å²) in [6.07, 6.45) is -4.36. The maximum absolute atomic E-state index is 13.0. The molecule has 1 heterocycles. The highest BCUT2D eigenvalue weighted by Crippen LogP contribution is 2.43. The van der Waals surface area contributed by atoms with Gasteiger partial charge in [0.1, 0.15) is 0 Å². The predicted octanol–water partition coefficient (Wildman–Crippen LogP) is 4.35. The Labute approximate surface area is 134 Å². The maximum atomic E-state index is 13.0. The minimum atomic E-state index is -4.36. The first-order valence-corrected chi connectivity index (χ1v) is 7.80. The summed E-state index contributed by atoms with van der Waals surface area (Å²) in [5.74, 6) is 0. The normalized spacial score (nSPS) is 19.2. The second kappa shape index (κ2) is 6.38. The van der Waals surface area contributed by atoms with E-state index in [1.807, 2.05) is 20.8 Å². The second-order valence-electron chi connectivity index (χ2n) is 6.79. The molecule has 0 radical (unpaired) electrons. The summed E-state index contributed by atoms with van der Waals surface area (Å²) in [4.78, 5) is 2.22. The first-order chi connectivity index (χ1) is 10.1. The molecule has 0 saturated carbocycles. The summed E-state index contributed by atoms with van der Waals surface area (Å²) in [5, 5.41) is 3.66. The maximum Gasteiger partial charge on any atom is 0.416 e. The van der Waals surface area contributed by atoms with Crippen molar-refractivity contribution in [1.82, 2.24) is 10.2 Å². The molecular weight excluding hydrogens is 313 g/mol. The van der Waals surface area contributed by atoms with Crippen LogP contribution in [0.15, 0.2) is 18.2 Å². The van der Waals surface area contributed by atoms with Crippen molar-refractivity contribution in [3.63, 3.8) is 0 Å². The van der Waals surface area contributed by atoms with Crippen LogP contribution in [0, 0.1) is 5.41 Å². The summed E-state index contributed by atoms with van der Waals surface area (Å²) in [6.45, 7) is 9.39. The van der Waals surface area contributed by atoms with Crippen LogP contribution in [0.4, 0.5) is 13.2 Å². The van der Waals surface area contributed by atoms with E-state index in [0.29, 0.717) is 10.6 Å². The van der Waals surface area contributed by atoms with E-state index in [4.69, 9.17) is 11.6 Å². The first-order valence-electron chi connectivity index (χ1n) is 7.42. The molecule has 6 heteroatoms. The van der Waals surface area contributed by atoms with Gasteiger partial charge >= 0.3 is 6.18 Å². The molecule has 0 bridgehead atoms. The molecule has 0 spiro atoms. The minimum Gasteiger partial charge on any atom is -0.314 e. The Morgan fingerprint density at radius 2 is 1.73 bits per heavy atom. The van der Waals surface area contributed by atoms with Crippen LogP contribution < -0.4 is 5.32 Å². The van der Waals surface area contributed by atoms with Gasteiger partial charge in [-0.1, -0.05) is 32.4 Å². The van der Waals surface area contributed by atoms with Crippen LogP contribution in [0.2, 0.25) is 5.02 Å². The van der Waals surface area contributed by atoms with Crippen LogP contribution in [0.1, 0.15) is 37.9 Å². The lowest BCUT2D eigenvalue weighted by atomic mass is 9.80. The highest BCUT2D eigenvalue weighted by Gasteiger charge is 2.37. The molecule has 0 aromatic heterocycles. The fourth-order valence-corrected chi connectivity index (χ4v) is 3.30. The molecule has 1 atom stereocenters. The van der Waals surface area contributed by atoms with Gasteiger partial charge in [0, 0.05) is 37.2 Å². The minimum absolute atomic E-state index is 0.149. The number of halogens is 4. The van der Waals surface area contributed by atoms with Gasteiger partial charge in [-0.25, -0.2) is 0 Å². The molecule has 1 saturated heterocycles. The third kappa shape index (κ3) is 3.94. The smallest absolute Gasteiger partial charge is 0.314 e. The van der Waals surface area contributed by atoms with Gasteiger partial charge in [-0.15, -0.1) is 0 Å². The van der Waals surface area contributed by atoms with Gasteiger partial charge in [-0.2, -0.15) is 13.2 Å². The van der Waals surface area contributed by atoms with E-state index in [-0.39, 0.29) is 11.5 Å². The molecule has 1 aromatic carbocycles. The zero-order chi connectivity index (χ0) is 16.5. The lowest BCUT2D eigenvalue weighted by Gasteiger charge is -2.43. The Bertz CT molecular complexity index is 517. The lowest BCUT2D eigenvalue weighted by molar-refractivity contribution is -0.137. The van der Waals surface area contributed by atoms with Crippen molar-refractivity contribution in [3.8, 4) is 0 Å². The zero-order valence-corrected chi connectivity index (χ0v) is 13.9. The second-order valence-corrected chi connectivity index (χ2v) is 7.20. The fourth-order valence-electron chi connectivity index (χ4n) is 3.08. The molecule has 124 valence electrons. The van der Waals surface area contributed by atoms with Gasteiger partial charge in [0.25, 0.3) is 0 Å². The number of hydrogen-bond acceptors (Lipinski definition) is 2. The van der Waals surface area contributed by atoms with Crippen molar-refractivity contribution in [2.45, 2.75) is 33.0 Å². The van der Waals surface area contributed by atoms with Crippen molar-refractivity contribution >= 4 is 11.6 Å². The quantitative estimate of drug-likeness (QED) is 0.865. The highest BCUT2D eigenvalue weighted by atomic mass is 35.5. The molecule has 1 aliphatic rings. The van der Waals surface area contributed by atoms with Crippen LogP contribution in [-0.4, -0.2) is 31.1 Å². The zero-order valence-electron chi connectivity index (χ0n) is 13.1. The van der Waals surface area contributed by atoms with Gasteiger partial charge in [-0.3, -0.25) is 4.90 Å². The predicted molar refractivity (Wildman–Crippen MR) is 83.1 cm³/mol. The monoisotopic (exact) mass is 334 g/mol. The van der Waals surface area contributed by atoms with Gasteiger partial charge in [-0.05, 0) is 29.2 Å². The van der Waals surface area contributed by atoms with E-state index in [1.165, 1.54) is 12.1 Å². The molecule has 0 unspecified atom stereocenters. The third-order valence-electron chi connectivity index (χ3n) is 3.95. The number of piperazine rings is 1. The fraction of sp³-hybridized carbons (Fsp3) is 0.625. The number of nitrogens with zero attached hydrogens (tertiary/aromatic N) is 1. The van der Waals surface area contributed by atoms with Crippen LogP contribution in [-0.2, 0) is 6.18 Å². The third-order valence-corrected chi connectivity index (χ3v) is 4.30. The van der Waals surface area contributed by atoms with Crippen molar-refractivity contribution in [2.75, 3.05) is 26.2 Å². The molecule has 0 aliphatic carbocycles. The molecular formula is C16H22ClF3N2. The van der Waals surface area contributed by atoms with E-state index < -0.39 is 11.7 Å². The number of benzene rings is 1. The average molecular weight is 335 g/mol. The Balaban J connectivity index is 2.47. The van der Waals surface area contributed by atoms with E-state index >= 15 is 0 Å². The van der Waals surface area contributed by atoms with Gasteiger partial charge < -0.3 is 5.32 Å². The van der Waals surface area contributed by atoms with Gasteiger partial charge in [0.2, 0.25) is 0 Å². The summed E-state index contributed by atoms with van der Waals surface area (Å²) in [6, 6.07) is 3.47. The van der Waals surface area contributed by atoms with Crippen molar-refractivity contribution in [3.05, 3.63) is 34.3 Å². The van der Waals surface area contributed by atoms with Crippen molar-refractivity contribution < 1.29 is 13.2 Å². The molecule has 1 fully saturated rings. The molecule has 22 heavy (non-hydrogen) atoms. The molecule has 1 aromatic rings. The Morgan fingerprint density at radius 1 is 1.14 bits per heavy atom. The summed E-state index contributed by atoms with van der Waals surface area (Å²) in [7, 11) is 0. The van der Waals surface area contributed by atoms with E-state index in [2.05, 4.69) is 10.2 Å². The van der Waals surface area contributed by atoms with E-state index in [1.54, 1.807) is 0 Å². The largest absolute Gasteiger partial charge is 0.416 e. The SMILES string of the molecule is CC(C)(C)[C@H](c1cc(C(F)(F)F)ccc1Cl)N1CCNCC1. The summed E-state index contributed by atoms with van der Waals surface area (Å²) >= 11 is 6.26. The van der Waals surface area contributed by atoms with Crippen LogP contribution >= 0.6 is 11.6 Å². The van der Waals surface area contributed by atoms with Crippen LogP contribution in [0.5, 0.6) is 0 Å². The van der Waals surface area contributed by atoms with Crippen molar-refractivity contribution in [2.24, 2.45) is 5.41 Å². The Kier molecular flexibility index (Phi) is 5.09. The summed E-state index contributed by atoms with van der Waals surface area (Å²) in [5.41, 5.74) is -0.298. The first kappa shape index (κ1) is 17.6. The standard InChI is InChI=1S/C16H22ClF3N2/c1-15(2,3)14(22-8-6-21-7-9-22)12-10-11(16(18,19)20)4-5-13(12)17/h4-5,10,14,21H,6-9H2,1-3H3/t14-/m0/s1. The molecule has 0 amide bonds. The van der Waals surface area contributed by atoms with Gasteiger partial charge in [0.05, 0.1) is 5.56 Å². The lowest BCUT2D eigenvalue weighted by Crippen LogP contribution is -2.48. The molecule has 1 N–H and O–H groups in total. The number of alkyl halides is 3. The average Bonchev–Trinajstić information content (AvgIpc) is 2.39. The number of nitrogens with one attached hydrogen (secondary N) is 1. The van der Waals surface area contributed by atoms with Crippen molar-refractivity contribution in [1.29, 1.82) is 0 Å². The Hall–Kier alpha value is -0.780. The van der Waals surface area contributed by atoms with Crippen LogP contribution in [0.25, 0.3) is 0 Å². The number of hydrogen-bond donors (Lipinski definition) is 1. The van der Waals surface area contributed by atoms with Crippen LogP contribution in [0.3, 0.4) is 0 Å². The number of rotatable bonds is 2. The molecule has 1 aliphatic heterocycles. The van der Waals surface area contributed by atoms with Gasteiger partial charge in [0.15, 0.2) is 0 Å². The topological polar surface area (TPSA) is 15.3 Å². The highest BCUT2D eigenvalue weighted by molar-refractivity contribution is 6.31. The Morgan fingerprint density at radius 3 is 2.23 bits per heavy atom. The summed E-state index contributed by atoms with van der Waals surface area (Å²) < 4.78 is 39.1. The van der Waals surface area contributed by atoms with E-state index in [9.17, 15) is 13.2 Å². The molecule has 2 nitrogen and oxygen atoms in total.